The zero-order valence-electron chi connectivity index (χ0n) is 7.56. The highest BCUT2D eigenvalue weighted by molar-refractivity contribution is 5.86. The molecule has 0 atom stereocenters. The summed E-state index contributed by atoms with van der Waals surface area (Å²) in [5.41, 5.74) is 1.23. The van der Waals surface area contributed by atoms with Crippen molar-refractivity contribution in [1.82, 2.24) is 5.16 Å². The van der Waals surface area contributed by atoms with Crippen LogP contribution < -0.4 is 0 Å². The zero-order chi connectivity index (χ0) is 9.60. The third kappa shape index (κ3) is 0.867. The van der Waals surface area contributed by atoms with Crippen molar-refractivity contribution in [1.29, 1.82) is 0 Å². The van der Waals surface area contributed by atoms with Crippen molar-refractivity contribution in [3.8, 4) is 0 Å². The van der Waals surface area contributed by atoms with Crippen molar-refractivity contribution >= 4 is 17.3 Å². The van der Waals surface area contributed by atoms with Gasteiger partial charge in [0.2, 0.25) is 0 Å². The molecule has 0 bridgehead atoms. The molecule has 0 aliphatic heterocycles. The van der Waals surface area contributed by atoms with Gasteiger partial charge in [-0.25, -0.2) is 0 Å². The normalized spacial score (nSPS) is 18.3. The predicted molar refractivity (Wildman–Crippen MR) is 51.0 cm³/mol. The Hall–Kier alpha value is -1.64. The standard InChI is InChI=1S/C11H9NO2/c13-7-11(5-6-11)10-8-3-1-2-4-9(8)14-12-10/h1-4,7H,5-6H2. The smallest absolute Gasteiger partial charge is 0.167 e. The van der Waals surface area contributed by atoms with Crippen molar-refractivity contribution < 1.29 is 9.32 Å². The monoisotopic (exact) mass is 187 g/mol. The van der Waals surface area contributed by atoms with Gasteiger partial charge in [0.25, 0.3) is 0 Å². The van der Waals surface area contributed by atoms with Gasteiger partial charge >= 0.3 is 0 Å². The topological polar surface area (TPSA) is 43.1 Å². The van der Waals surface area contributed by atoms with E-state index in [-0.39, 0.29) is 5.41 Å². The number of carbonyl (C=O) groups excluding carboxylic acids is 1. The lowest BCUT2D eigenvalue weighted by atomic mass is 10.0. The molecular formula is C11H9NO2. The molecular weight excluding hydrogens is 178 g/mol. The van der Waals surface area contributed by atoms with Crippen LogP contribution in [0, 0.1) is 0 Å². The van der Waals surface area contributed by atoms with Crippen molar-refractivity contribution in [3.63, 3.8) is 0 Å². The molecule has 1 aromatic heterocycles. The Morgan fingerprint density at radius 2 is 2.14 bits per heavy atom. The molecule has 0 N–H and O–H groups in total. The third-order valence-electron chi connectivity index (χ3n) is 2.86. The number of aromatic nitrogens is 1. The van der Waals surface area contributed by atoms with Crippen LogP contribution in [0.5, 0.6) is 0 Å². The number of carbonyl (C=O) groups is 1. The number of fused-ring (bicyclic) bond motifs is 1. The molecule has 0 spiro atoms. The summed E-state index contributed by atoms with van der Waals surface area (Å²) in [6, 6.07) is 7.65. The average Bonchev–Trinajstić information content (AvgIpc) is 2.91. The fraction of sp³-hybridized carbons (Fsp3) is 0.273. The number of benzene rings is 1. The highest BCUT2D eigenvalue weighted by atomic mass is 16.5. The first-order valence-corrected chi connectivity index (χ1v) is 4.67. The van der Waals surface area contributed by atoms with Crippen molar-refractivity contribution in [2.45, 2.75) is 18.3 Å². The van der Waals surface area contributed by atoms with Crippen LogP contribution in [0.15, 0.2) is 28.8 Å². The van der Waals surface area contributed by atoms with Crippen LogP contribution in [0.4, 0.5) is 0 Å². The second-order valence-electron chi connectivity index (χ2n) is 3.80. The molecule has 0 unspecified atom stereocenters. The molecule has 3 rings (SSSR count). The first-order valence-electron chi connectivity index (χ1n) is 4.67. The molecule has 0 saturated heterocycles. The van der Waals surface area contributed by atoms with Crippen molar-refractivity contribution in [2.24, 2.45) is 0 Å². The average molecular weight is 187 g/mol. The molecule has 2 aromatic rings. The van der Waals surface area contributed by atoms with Gasteiger partial charge in [-0.2, -0.15) is 0 Å². The van der Waals surface area contributed by atoms with Crippen LogP contribution in [-0.4, -0.2) is 11.4 Å². The van der Waals surface area contributed by atoms with Crippen LogP contribution in [-0.2, 0) is 10.2 Å². The van der Waals surface area contributed by atoms with Gasteiger partial charge in [-0.1, -0.05) is 17.3 Å². The van der Waals surface area contributed by atoms with Gasteiger partial charge in [-0.3, -0.25) is 0 Å². The first kappa shape index (κ1) is 7.74. The Bertz CT molecular complexity index is 497. The zero-order valence-corrected chi connectivity index (χ0v) is 7.56. The summed E-state index contributed by atoms with van der Waals surface area (Å²) in [7, 11) is 0. The number of para-hydroxylation sites is 1. The second-order valence-corrected chi connectivity index (χ2v) is 3.80. The van der Waals surface area contributed by atoms with Gasteiger partial charge in [0.1, 0.15) is 12.0 Å². The molecule has 3 heteroatoms. The minimum absolute atomic E-state index is 0.341. The summed E-state index contributed by atoms with van der Waals surface area (Å²) in [5, 5.41) is 4.96. The Morgan fingerprint density at radius 1 is 1.36 bits per heavy atom. The van der Waals surface area contributed by atoms with E-state index >= 15 is 0 Å². The van der Waals surface area contributed by atoms with E-state index in [1.807, 2.05) is 24.3 Å². The first-order chi connectivity index (χ1) is 6.86. The van der Waals surface area contributed by atoms with Crippen LogP contribution in [0.25, 0.3) is 11.0 Å². The maximum absolute atomic E-state index is 10.9. The third-order valence-corrected chi connectivity index (χ3v) is 2.86. The molecule has 1 aromatic carbocycles. The fourth-order valence-electron chi connectivity index (χ4n) is 1.79. The Labute approximate surface area is 80.7 Å². The molecule has 1 heterocycles. The summed E-state index contributed by atoms with van der Waals surface area (Å²) < 4.78 is 5.17. The van der Waals surface area contributed by atoms with E-state index in [1.165, 1.54) is 0 Å². The van der Waals surface area contributed by atoms with Crippen LogP contribution in [0.3, 0.4) is 0 Å². The molecule has 1 saturated carbocycles. The van der Waals surface area contributed by atoms with Gasteiger partial charge in [0, 0.05) is 5.39 Å². The quantitative estimate of drug-likeness (QED) is 0.676. The highest BCUT2D eigenvalue weighted by Gasteiger charge is 2.48. The highest BCUT2D eigenvalue weighted by Crippen LogP contribution is 2.47. The summed E-state index contributed by atoms with van der Waals surface area (Å²) in [6.07, 6.45) is 2.79. The maximum Gasteiger partial charge on any atom is 0.167 e. The lowest BCUT2D eigenvalue weighted by Gasteiger charge is -2.00. The van der Waals surface area contributed by atoms with Gasteiger partial charge in [0.05, 0.1) is 5.41 Å². The SMILES string of the molecule is O=CC1(c2noc3ccccc23)CC1. The van der Waals surface area contributed by atoms with Crippen LogP contribution in [0.2, 0.25) is 0 Å². The predicted octanol–water partition coefficient (Wildman–Crippen LogP) is 2.06. The summed E-state index contributed by atoms with van der Waals surface area (Å²) in [4.78, 5) is 10.9. The fourth-order valence-corrected chi connectivity index (χ4v) is 1.79. The van der Waals surface area contributed by atoms with Crippen molar-refractivity contribution in [2.75, 3.05) is 0 Å². The Kier molecular flexibility index (Phi) is 1.35. The Balaban J connectivity index is 2.27. The number of rotatable bonds is 2. The summed E-state index contributed by atoms with van der Waals surface area (Å²) >= 11 is 0. The maximum atomic E-state index is 10.9. The van der Waals surface area contributed by atoms with E-state index in [1.54, 1.807) is 0 Å². The van der Waals surface area contributed by atoms with E-state index in [0.29, 0.717) is 0 Å². The van der Waals surface area contributed by atoms with Gasteiger partial charge in [0.15, 0.2) is 5.58 Å². The van der Waals surface area contributed by atoms with Crippen LogP contribution in [0.1, 0.15) is 18.5 Å². The number of aldehydes is 1. The molecule has 14 heavy (non-hydrogen) atoms. The lowest BCUT2D eigenvalue weighted by molar-refractivity contribution is -0.110. The second kappa shape index (κ2) is 2.44. The van der Waals surface area contributed by atoms with Gasteiger partial charge in [-0.15, -0.1) is 0 Å². The Morgan fingerprint density at radius 3 is 2.86 bits per heavy atom. The minimum Gasteiger partial charge on any atom is -0.356 e. The van der Waals surface area contributed by atoms with Gasteiger partial charge in [-0.05, 0) is 25.0 Å². The summed E-state index contributed by atoms with van der Waals surface area (Å²) in [5.74, 6) is 0. The largest absolute Gasteiger partial charge is 0.356 e. The van der Waals surface area contributed by atoms with E-state index in [0.717, 1.165) is 35.8 Å². The van der Waals surface area contributed by atoms with Crippen LogP contribution >= 0.6 is 0 Å². The van der Waals surface area contributed by atoms with Crippen molar-refractivity contribution in [3.05, 3.63) is 30.0 Å². The van der Waals surface area contributed by atoms with E-state index < -0.39 is 0 Å². The molecule has 70 valence electrons. The minimum atomic E-state index is -0.341. The number of nitrogens with zero attached hydrogens (tertiary/aromatic N) is 1. The van der Waals surface area contributed by atoms with E-state index in [2.05, 4.69) is 5.16 Å². The number of hydrogen-bond donors (Lipinski definition) is 0. The molecule has 1 fully saturated rings. The lowest BCUT2D eigenvalue weighted by Crippen LogP contribution is -2.08. The van der Waals surface area contributed by atoms with E-state index in [4.69, 9.17) is 4.52 Å². The molecule has 3 nitrogen and oxygen atoms in total. The van der Waals surface area contributed by atoms with Gasteiger partial charge < -0.3 is 9.32 Å². The molecule has 0 amide bonds. The number of hydrogen-bond acceptors (Lipinski definition) is 3. The molecule has 1 aliphatic rings. The molecule has 0 radical (unpaired) electrons. The summed E-state index contributed by atoms with van der Waals surface area (Å²) in [6.45, 7) is 0. The van der Waals surface area contributed by atoms with E-state index in [9.17, 15) is 4.79 Å². The molecule has 1 aliphatic carbocycles.